The fourth-order valence-corrected chi connectivity index (χ4v) is 6.76. The standard InChI is InChI=1S/C29H50N2O5/c1-2-29(13-8-14-29)27(33)11-7-10-25-24(23(22-30)21-26(25)32)9-5-3-4-6-12-28(34)36-20-17-31-15-18-35-19-16-31/h23-27,32-33H,2-21H2,1H3/t23?,24-,25?,26+,27?/m0/s1. The molecule has 0 spiro atoms. The number of morpholine rings is 1. The van der Waals surface area contributed by atoms with Crippen molar-refractivity contribution >= 4 is 5.97 Å². The van der Waals surface area contributed by atoms with Crippen LogP contribution in [0.4, 0.5) is 0 Å². The first-order valence-electron chi connectivity index (χ1n) is 14.7. The Morgan fingerprint density at radius 1 is 1.14 bits per heavy atom. The number of carbonyl (C=O) groups excluding carboxylic acids is 1. The summed E-state index contributed by atoms with van der Waals surface area (Å²) >= 11 is 0. The Morgan fingerprint density at radius 3 is 2.53 bits per heavy atom. The number of aliphatic hydroxyl groups excluding tert-OH is 2. The molecule has 3 fully saturated rings. The van der Waals surface area contributed by atoms with Crippen LogP contribution in [0.5, 0.6) is 0 Å². The van der Waals surface area contributed by atoms with E-state index in [1.165, 1.54) is 6.42 Å². The third kappa shape index (κ3) is 8.41. The van der Waals surface area contributed by atoms with Gasteiger partial charge in [0.15, 0.2) is 0 Å². The second kappa shape index (κ2) is 15.3. The van der Waals surface area contributed by atoms with Gasteiger partial charge in [0.25, 0.3) is 0 Å². The van der Waals surface area contributed by atoms with E-state index in [2.05, 4.69) is 17.9 Å². The van der Waals surface area contributed by atoms with Gasteiger partial charge in [-0.05, 0) is 68.6 Å². The van der Waals surface area contributed by atoms with Crippen LogP contribution in [0, 0.1) is 34.5 Å². The highest BCUT2D eigenvalue weighted by Crippen LogP contribution is 2.48. The lowest BCUT2D eigenvalue weighted by molar-refractivity contribution is -0.144. The Bertz CT molecular complexity index is 680. The summed E-state index contributed by atoms with van der Waals surface area (Å²) < 4.78 is 10.7. The number of ether oxygens (including phenoxy) is 2. The molecule has 3 rings (SSSR count). The maximum absolute atomic E-state index is 12.0. The molecule has 0 amide bonds. The molecule has 0 aromatic rings. The maximum Gasteiger partial charge on any atom is 0.305 e. The molecular formula is C29H50N2O5. The smallest absolute Gasteiger partial charge is 0.305 e. The number of hydrogen-bond acceptors (Lipinski definition) is 7. The molecule has 206 valence electrons. The van der Waals surface area contributed by atoms with Gasteiger partial charge in [-0.15, -0.1) is 0 Å². The molecule has 0 radical (unpaired) electrons. The topological polar surface area (TPSA) is 103 Å². The molecule has 36 heavy (non-hydrogen) atoms. The van der Waals surface area contributed by atoms with Gasteiger partial charge < -0.3 is 19.7 Å². The second-order valence-electron chi connectivity index (χ2n) is 11.5. The summed E-state index contributed by atoms with van der Waals surface area (Å²) in [6, 6.07) is 2.45. The van der Waals surface area contributed by atoms with Crippen molar-refractivity contribution in [3.05, 3.63) is 0 Å². The van der Waals surface area contributed by atoms with Crippen molar-refractivity contribution in [3.63, 3.8) is 0 Å². The molecular weight excluding hydrogens is 456 g/mol. The van der Waals surface area contributed by atoms with Crippen LogP contribution < -0.4 is 0 Å². The first-order valence-corrected chi connectivity index (χ1v) is 14.7. The van der Waals surface area contributed by atoms with E-state index in [0.29, 0.717) is 19.4 Å². The molecule has 7 heteroatoms. The van der Waals surface area contributed by atoms with E-state index in [1.807, 2.05) is 0 Å². The van der Waals surface area contributed by atoms with Gasteiger partial charge >= 0.3 is 5.97 Å². The molecule has 2 aliphatic carbocycles. The Balaban J connectivity index is 1.28. The summed E-state index contributed by atoms with van der Waals surface area (Å²) in [4.78, 5) is 14.3. The monoisotopic (exact) mass is 506 g/mol. The fraction of sp³-hybridized carbons (Fsp3) is 0.931. The van der Waals surface area contributed by atoms with Gasteiger partial charge in [0.1, 0.15) is 6.61 Å². The summed E-state index contributed by atoms with van der Waals surface area (Å²) in [5.74, 6) is 0.240. The van der Waals surface area contributed by atoms with Crippen molar-refractivity contribution in [1.82, 2.24) is 4.90 Å². The van der Waals surface area contributed by atoms with Gasteiger partial charge in [0, 0.05) is 26.1 Å². The number of carbonyl (C=O) groups is 1. The summed E-state index contributed by atoms with van der Waals surface area (Å²) in [6.45, 7) is 6.75. The van der Waals surface area contributed by atoms with Gasteiger partial charge in [-0.3, -0.25) is 9.69 Å². The number of hydrogen-bond donors (Lipinski definition) is 2. The number of aliphatic hydroxyl groups is 2. The first-order chi connectivity index (χ1) is 17.5. The summed E-state index contributed by atoms with van der Waals surface area (Å²) in [5.41, 5.74) is 0.137. The summed E-state index contributed by atoms with van der Waals surface area (Å²) in [7, 11) is 0. The zero-order valence-electron chi connectivity index (χ0n) is 22.5. The van der Waals surface area contributed by atoms with Crippen LogP contribution in [0.1, 0.15) is 96.8 Å². The normalized spacial score (nSPS) is 28.8. The molecule has 1 heterocycles. The highest BCUT2D eigenvalue weighted by molar-refractivity contribution is 5.69. The number of nitrogens with zero attached hydrogens (tertiary/aromatic N) is 2. The van der Waals surface area contributed by atoms with E-state index < -0.39 is 6.10 Å². The van der Waals surface area contributed by atoms with E-state index in [-0.39, 0.29) is 35.2 Å². The largest absolute Gasteiger partial charge is 0.464 e. The Labute approximate surface area is 218 Å². The van der Waals surface area contributed by atoms with Gasteiger partial charge in [0.05, 0.1) is 37.4 Å². The molecule has 1 aliphatic heterocycles. The molecule has 5 atom stereocenters. The molecule has 3 aliphatic rings. The number of unbranched alkanes of at least 4 members (excludes halogenated alkanes) is 3. The molecule has 0 aromatic carbocycles. The summed E-state index contributed by atoms with van der Waals surface area (Å²) in [5, 5.41) is 31.1. The van der Waals surface area contributed by atoms with Crippen LogP contribution >= 0.6 is 0 Å². The van der Waals surface area contributed by atoms with Crippen molar-refractivity contribution in [3.8, 4) is 6.07 Å². The van der Waals surface area contributed by atoms with Gasteiger partial charge in [-0.2, -0.15) is 5.26 Å². The minimum atomic E-state index is -0.395. The Morgan fingerprint density at radius 2 is 1.86 bits per heavy atom. The zero-order valence-corrected chi connectivity index (χ0v) is 22.5. The van der Waals surface area contributed by atoms with Crippen molar-refractivity contribution in [1.29, 1.82) is 5.26 Å². The molecule has 3 unspecified atom stereocenters. The Hall–Kier alpha value is -1.20. The highest BCUT2D eigenvalue weighted by atomic mass is 16.5. The van der Waals surface area contributed by atoms with Crippen LogP contribution in [0.15, 0.2) is 0 Å². The third-order valence-electron chi connectivity index (χ3n) is 9.44. The van der Waals surface area contributed by atoms with E-state index in [1.54, 1.807) is 0 Å². The van der Waals surface area contributed by atoms with Crippen LogP contribution in [0.2, 0.25) is 0 Å². The minimum absolute atomic E-state index is 0.0648. The van der Waals surface area contributed by atoms with Crippen molar-refractivity contribution in [2.45, 2.75) is 109 Å². The van der Waals surface area contributed by atoms with Gasteiger partial charge in [0.2, 0.25) is 0 Å². The second-order valence-corrected chi connectivity index (χ2v) is 11.5. The van der Waals surface area contributed by atoms with Crippen LogP contribution in [-0.4, -0.2) is 72.7 Å². The lowest BCUT2D eigenvalue weighted by atomic mass is 9.62. The minimum Gasteiger partial charge on any atom is -0.464 e. The van der Waals surface area contributed by atoms with Gasteiger partial charge in [-0.1, -0.05) is 39.0 Å². The van der Waals surface area contributed by atoms with E-state index in [0.717, 1.165) is 103 Å². The molecule has 2 saturated carbocycles. The Kier molecular flexibility index (Phi) is 12.5. The van der Waals surface area contributed by atoms with E-state index >= 15 is 0 Å². The van der Waals surface area contributed by atoms with Crippen molar-refractivity contribution < 1.29 is 24.5 Å². The third-order valence-corrected chi connectivity index (χ3v) is 9.44. The van der Waals surface area contributed by atoms with E-state index in [4.69, 9.17) is 9.47 Å². The average Bonchev–Trinajstić information content (AvgIpc) is 3.16. The molecule has 0 aromatic heterocycles. The average molecular weight is 507 g/mol. The maximum atomic E-state index is 12.0. The molecule has 2 N–H and O–H groups in total. The predicted molar refractivity (Wildman–Crippen MR) is 139 cm³/mol. The number of esters is 1. The fourth-order valence-electron chi connectivity index (χ4n) is 6.76. The lowest BCUT2D eigenvalue weighted by Gasteiger charge is -2.45. The highest BCUT2D eigenvalue weighted by Gasteiger charge is 2.43. The molecule has 0 bridgehead atoms. The van der Waals surface area contributed by atoms with Crippen molar-refractivity contribution in [2.24, 2.45) is 23.2 Å². The van der Waals surface area contributed by atoms with Crippen LogP contribution in [0.25, 0.3) is 0 Å². The first kappa shape index (κ1) is 29.4. The summed E-state index contributed by atoms with van der Waals surface area (Å²) in [6.07, 6.45) is 12.5. The number of rotatable bonds is 16. The number of nitriles is 1. The molecule has 1 saturated heterocycles. The SMILES string of the molecule is CCC1(C(O)CCCC2[C@@H](CCCCCCC(=O)OCCN3CCOCC3)C(C#N)C[C@H]2O)CCC1. The van der Waals surface area contributed by atoms with Crippen LogP contribution in [0.3, 0.4) is 0 Å². The zero-order chi connectivity index (χ0) is 25.8. The lowest BCUT2D eigenvalue weighted by Crippen LogP contribution is -2.40. The molecule has 7 nitrogen and oxygen atoms in total. The van der Waals surface area contributed by atoms with Gasteiger partial charge in [-0.25, -0.2) is 0 Å². The quantitative estimate of drug-likeness (QED) is 0.235. The van der Waals surface area contributed by atoms with Crippen LogP contribution in [-0.2, 0) is 14.3 Å². The predicted octanol–water partition coefficient (Wildman–Crippen LogP) is 4.45. The van der Waals surface area contributed by atoms with E-state index in [9.17, 15) is 20.3 Å². The van der Waals surface area contributed by atoms with Crippen molar-refractivity contribution in [2.75, 3.05) is 39.5 Å².